The first-order chi connectivity index (χ1) is 8.69. The Morgan fingerprint density at radius 2 is 2.11 bits per heavy atom. The van der Waals surface area contributed by atoms with Crippen LogP contribution in [0.3, 0.4) is 0 Å². The smallest absolute Gasteiger partial charge is 0.237 e. The molecule has 4 nitrogen and oxygen atoms in total. The number of hydrogen-bond acceptors (Lipinski definition) is 3. The lowest BCUT2D eigenvalue weighted by Crippen LogP contribution is -2.48. The van der Waals surface area contributed by atoms with Crippen LogP contribution in [-0.2, 0) is 4.79 Å². The van der Waals surface area contributed by atoms with Crippen molar-refractivity contribution in [3.63, 3.8) is 0 Å². The van der Waals surface area contributed by atoms with Gasteiger partial charge in [-0.05, 0) is 58.8 Å². The summed E-state index contributed by atoms with van der Waals surface area (Å²) in [6.07, 6.45) is 5.39. The quantitative estimate of drug-likeness (QED) is 0.697. The van der Waals surface area contributed by atoms with Crippen molar-refractivity contribution in [2.75, 3.05) is 33.2 Å². The van der Waals surface area contributed by atoms with E-state index < -0.39 is 0 Å². The van der Waals surface area contributed by atoms with Crippen LogP contribution in [0.25, 0.3) is 0 Å². The normalized spacial score (nSPS) is 18.4. The van der Waals surface area contributed by atoms with Gasteiger partial charge in [-0.1, -0.05) is 6.08 Å². The third-order valence-electron chi connectivity index (χ3n) is 3.80. The monoisotopic (exact) mass is 289 g/mol. The van der Waals surface area contributed by atoms with Crippen LogP contribution in [0.2, 0.25) is 0 Å². The maximum absolute atomic E-state index is 11.8. The number of likely N-dealkylation sites (tertiary alicyclic amines) is 1. The minimum Gasteiger partial charge on any atom is -0.351 e. The van der Waals surface area contributed by atoms with Crippen molar-refractivity contribution in [1.29, 1.82) is 0 Å². The summed E-state index contributed by atoms with van der Waals surface area (Å²) in [6.45, 7) is 9.33. The van der Waals surface area contributed by atoms with E-state index >= 15 is 0 Å². The molecule has 0 bridgehead atoms. The molecular weight excluding hydrogens is 262 g/mol. The summed E-state index contributed by atoms with van der Waals surface area (Å²) in [6, 6.07) is -0.0183. The number of carbonyl (C=O) groups excluding carboxylic acids is 1. The van der Waals surface area contributed by atoms with E-state index in [0.29, 0.717) is 6.54 Å². The fraction of sp³-hybridized carbons (Fsp3) is 0.786. The van der Waals surface area contributed by atoms with Gasteiger partial charge in [0.25, 0.3) is 0 Å². The number of nitrogens with zero attached hydrogens (tertiary/aromatic N) is 1. The van der Waals surface area contributed by atoms with Crippen LogP contribution >= 0.6 is 12.4 Å². The van der Waals surface area contributed by atoms with E-state index in [1.165, 1.54) is 19.3 Å². The second kappa shape index (κ2) is 10.2. The standard InChI is InChI=1S/C14H27N3O.ClH/c1-4-8-16-14(18)12(2)17-10-6-13(7-11-17)5-9-15-3;/h4,12-13,15H,1,5-11H2,2-3H3,(H,16,18);1H. The second-order valence-corrected chi connectivity index (χ2v) is 5.08. The second-order valence-electron chi connectivity index (χ2n) is 5.08. The summed E-state index contributed by atoms with van der Waals surface area (Å²) in [5.41, 5.74) is 0. The lowest BCUT2D eigenvalue weighted by Gasteiger charge is -2.35. The van der Waals surface area contributed by atoms with E-state index in [9.17, 15) is 4.79 Å². The molecule has 1 aliphatic heterocycles. The molecule has 5 heteroatoms. The van der Waals surface area contributed by atoms with Gasteiger partial charge < -0.3 is 10.6 Å². The molecule has 0 saturated carbocycles. The molecule has 0 aromatic heterocycles. The van der Waals surface area contributed by atoms with Crippen LogP contribution in [0.5, 0.6) is 0 Å². The molecule has 1 aliphatic rings. The Morgan fingerprint density at radius 1 is 1.47 bits per heavy atom. The van der Waals surface area contributed by atoms with Crippen LogP contribution in [0, 0.1) is 5.92 Å². The Labute approximate surface area is 123 Å². The summed E-state index contributed by atoms with van der Waals surface area (Å²) in [5, 5.41) is 6.07. The van der Waals surface area contributed by atoms with Crippen molar-refractivity contribution in [2.24, 2.45) is 5.92 Å². The molecule has 0 aromatic carbocycles. The van der Waals surface area contributed by atoms with Gasteiger partial charge in [0.15, 0.2) is 0 Å². The van der Waals surface area contributed by atoms with E-state index in [1.54, 1.807) is 6.08 Å². The average molecular weight is 290 g/mol. The molecule has 1 rings (SSSR count). The zero-order valence-electron chi connectivity index (χ0n) is 12.2. The Morgan fingerprint density at radius 3 is 2.63 bits per heavy atom. The molecule has 1 heterocycles. The van der Waals surface area contributed by atoms with Gasteiger partial charge in [-0.2, -0.15) is 0 Å². The zero-order valence-corrected chi connectivity index (χ0v) is 13.0. The molecule has 1 amide bonds. The van der Waals surface area contributed by atoms with E-state index in [1.807, 2.05) is 14.0 Å². The molecule has 0 aromatic rings. The number of hydrogen-bond donors (Lipinski definition) is 2. The zero-order chi connectivity index (χ0) is 13.4. The predicted molar refractivity (Wildman–Crippen MR) is 82.8 cm³/mol. The fourth-order valence-corrected chi connectivity index (χ4v) is 2.46. The minimum atomic E-state index is -0.0183. The van der Waals surface area contributed by atoms with Gasteiger partial charge >= 0.3 is 0 Å². The summed E-state index contributed by atoms with van der Waals surface area (Å²) in [5.74, 6) is 0.931. The van der Waals surface area contributed by atoms with Gasteiger partial charge in [0, 0.05) is 6.54 Å². The summed E-state index contributed by atoms with van der Waals surface area (Å²) >= 11 is 0. The lowest BCUT2D eigenvalue weighted by molar-refractivity contribution is -0.126. The first-order valence-corrected chi connectivity index (χ1v) is 6.96. The highest BCUT2D eigenvalue weighted by atomic mass is 35.5. The van der Waals surface area contributed by atoms with Gasteiger partial charge in [-0.25, -0.2) is 0 Å². The molecule has 1 saturated heterocycles. The van der Waals surface area contributed by atoms with Crippen molar-refractivity contribution in [1.82, 2.24) is 15.5 Å². The van der Waals surface area contributed by atoms with Crippen molar-refractivity contribution in [3.05, 3.63) is 12.7 Å². The van der Waals surface area contributed by atoms with Gasteiger partial charge in [0.05, 0.1) is 6.04 Å². The molecule has 1 atom stereocenters. The highest BCUT2D eigenvalue weighted by Gasteiger charge is 2.25. The summed E-state index contributed by atoms with van der Waals surface area (Å²) in [7, 11) is 2.00. The molecule has 0 aliphatic carbocycles. The topological polar surface area (TPSA) is 44.4 Å². The number of halogens is 1. The molecular formula is C14H28ClN3O. The molecule has 2 N–H and O–H groups in total. The lowest BCUT2D eigenvalue weighted by atomic mass is 9.93. The maximum Gasteiger partial charge on any atom is 0.237 e. The van der Waals surface area contributed by atoms with Gasteiger partial charge in [-0.3, -0.25) is 9.69 Å². The van der Waals surface area contributed by atoms with Crippen LogP contribution in [-0.4, -0.2) is 50.1 Å². The third-order valence-corrected chi connectivity index (χ3v) is 3.80. The van der Waals surface area contributed by atoms with E-state index in [0.717, 1.165) is 25.6 Å². The van der Waals surface area contributed by atoms with E-state index in [-0.39, 0.29) is 24.4 Å². The number of rotatable bonds is 7. The van der Waals surface area contributed by atoms with Crippen LogP contribution < -0.4 is 10.6 Å². The van der Waals surface area contributed by atoms with Crippen LogP contribution in [0.15, 0.2) is 12.7 Å². The molecule has 0 spiro atoms. The number of piperidine rings is 1. The molecule has 19 heavy (non-hydrogen) atoms. The summed E-state index contributed by atoms with van der Waals surface area (Å²) in [4.78, 5) is 14.1. The van der Waals surface area contributed by atoms with Crippen molar-refractivity contribution >= 4 is 18.3 Å². The van der Waals surface area contributed by atoms with Crippen molar-refractivity contribution < 1.29 is 4.79 Å². The highest BCUT2D eigenvalue weighted by molar-refractivity contribution is 5.85. The largest absolute Gasteiger partial charge is 0.351 e. The molecule has 1 unspecified atom stereocenters. The molecule has 1 fully saturated rings. The fourth-order valence-electron chi connectivity index (χ4n) is 2.46. The summed E-state index contributed by atoms with van der Waals surface area (Å²) < 4.78 is 0. The minimum absolute atomic E-state index is 0. The van der Waals surface area contributed by atoms with Gasteiger partial charge in [0.2, 0.25) is 5.91 Å². The predicted octanol–water partition coefficient (Wildman–Crippen LogP) is 1.42. The highest BCUT2D eigenvalue weighted by Crippen LogP contribution is 2.21. The first kappa shape index (κ1) is 18.4. The molecule has 0 radical (unpaired) electrons. The average Bonchev–Trinajstić information content (AvgIpc) is 2.42. The van der Waals surface area contributed by atoms with E-state index in [4.69, 9.17) is 0 Å². The molecule has 112 valence electrons. The van der Waals surface area contributed by atoms with Gasteiger partial charge in [-0.15, -0.1) is 19.0 Å². The number of nitrogens with one attached hydrogen (secondary N) is 2. The van der Waals surface area contributed by atoms with Crippen LogP contribution in [0.4, 0.5) is 0 Å². The van der Waals surface area contributed by atoms with Crippen LogP contribution in [0.1, 0.15) is 26.2 Å². The Hall–Kier alpha value is -0.580. The third kappa shape index (κ3) is 6.41. The van der Waals surface area contributed by atoms with Crippen molar-refractivity contribution in [3.8, 4) is 0 Å². The Bertz CT molecular complexity index is 265. The SMILES string of the molecule is C=CCNC(=O)C(C)N1CCC(CCNC)CC1.Cl. The first-order valence-electron chi connectivity index (χ1n) is 6.96. The van der Waals surface area contributed by atoms with E-state index in [2.05, 4.69) is 22.1 Å². The number of amides is 1. The maximum atomic E-state index is 11.8. The Kier molecular flexibility index (Phi) is 9.92. The number of carbonyl (C=O) groups is 1. The Balaban J connectivity index is 0.00000324. The van der Waals surface area contributed by atoms with Crippen molar-refractivity contribution in [2.45, 2.75) is 32.2 Å². The van der Waals surface area contributed by atoms with Gasteiger partial charge in [0.1, 0.15) is 0 Å².